The van der Waals surface area contributed by atoms with Crippen LogP contribution in [-0.4, -0.2) is 17.8 Å². The van der Waals surface area contributed by atoms with Crippen LogP contribution in [0.5, 0.6) is 0 Å². The summed E-state index contributed by atoms with van der Waals surface area (Å²) in [7, 11) is 1.73. The van der Waals surface area contributed by atoms with E-state index in [4.69, 9.17) is 0 Å². The van der Waals surface area contributed by atoms with E-state index in [0.29, 0.717) is 22.0 Å². The highest BCUT2D eigenvalue weighted by Gasteiger charge is 2.35. The Labute approximate surface area is 137 Å². The summed E-state index contributed by atoms with van der Waals surface area (Å²) in [6, 6.07) is 7.58. The Balaban J connectivity index is 2.07. The first kappa shape index (κ1) is 16.8. The van der Waals surface area contributed by atoms with Gasteiger partial charge in [0.2, 0.25) is 0 Å². The zero-order valence-corrected chi connectivity index (χ0v) is 14.2. The molecule has 1 unspecified atom stereocenters. The fourth-order valence-corrected chi connectivity index (χ4v) is 4.32. The third-order valence-electron chi connectivity index (χ3n) is 2.70. The van der Waals surface area contributed by atoms with Gasteiger partial charge < -0.3 is 5.32 Å². The van der Waals surface area contributed by atoms with Crippen LogP contribution < -0.4 is 5.32 Å². The summed E-state index contributed by atoms with van der Waals surface area (Å²) in [6.45, 7) is 0. The lowest BCUT2D eigenvalue weighted by molar-refractivity contribution is -0.137. The second-order valence-corrected chi connectivity index (χ2v) is 7.13. The smallest absolute Gasteiger partial charge is 0.312 e. The molecule has 1 atom stereocenters. The molecule has 0 aliphatic heterocycles. The molecule has 2 rings (SSSR count). The van der Waals surface area contributed by atoms with Crippen molar-refractivity contribution in [2.24, 2.45) is 0 Å². The van der Waals surface area contributed by atoms with Crippen LogP contribution in [-0.2, 0) is 6.18 Å². The van der Waals surface area contributed by atoms with E-state index in [0.717, 1.165) is 9.37 Å². The molecule has 1 aromatic carbocycles. The van der Waals surface area contributed by atoms with E-state index in [1.807, 2.05) is 24.3 Å². The molecule has 1 heterocycles. The van der Waals surface area contributed by atoms with E-state index in [2.05, 4.69) is 26.2 Å². The first-order valence-corrected chi connectivity index (χ1v) is 8.59. The Morgan fingerprint density at radius 1 is 1.38 bits per heavy atom. The maximum absolute atomic E-state index is 12.6. The summed E-state index contributed by atoms with van der Waals surface area (Å²) in [5, 5.41) is 2.24. The summed E-state index contributed by atoms with van der Waals surface area (Å²) >= 11 is 5.72. The minimum Gasteiger partial charge on any atom is -0.312 e. The van der Waals surface area contributed by atoms with Crippen molar-refractivity contribution in [3.05, 3.63) is 44.8 Å². The van der Waals surface area contributed by atoms with E-state index in [1.54, 1.807) is 18.8 Å². The Bertz CT molecular complexity index is 601. The normalized spacial score (nSPS) is 13.4. The molecule has 0 fully saturated rings. The van der Waals surface area contributed by atoms with Gasteiger partial charge in [-0.2, -0.15) is 13.2 Å². The van der Waals surface area contributed by atoms with E-state index in [9.17, 15) is 13.2 Å². The molecule has 0 amide bonds. The predicted molar refractivity (Wildman–Crippen MR) is 83.8 cm³/mol. The third kappa shape index (κ3) is 4.45. The number of halogens is 4. The predicted octanol–water partition coefficient (Wildman–Crippen LogP) is 4.98. The van der Waals surface area contributed by atoms with E-state index in [1.165, 1.54) is 6.20 Å². The quantitative estimate of drug-likeness (QED) is 0.721. The number of rotatable bonds is 5. The molecular weight excluding hydrogens is 385 g/mol. The number of benzene rings is 1. The van der Waals surface area contributed by atoms with Crippen molar-refractivity contribution in [1.82, 2.24) is 10.3 Å². The summed E-state index contributed by atoms with van der Waals surface area (Å²) < 4.78 is 38.7. The summed E-state index contributed by atoms with van der Waals surface area (Å²) in [4.78, 5) is 5.11. The van der Waals surface area contributed by atoms with Crippen molar-refractivity contribution in [2.45, 2.75) is 17.1 Å². The van der Waals surface area contributed by atoms with Gasteiger partial charge in [-0.1, -0.05) is 12.1 Å². The van der Waals surface area contributed by atoms with Gasteiger partial charge >= 0.3 is 6.18 Å². The lowest BCUT2D eigenvalue weighted by Gasteiger charge is -2.14. The van der Waals surface area contributed by atoms with Crippen molar-refractivity contribution in [1.29, 1.82) is 0 Å². The Morgan fingerprint density at radius 3 is 2.67 bits per heavy atom. The van der Waals surface area contributed by atoms with Gasteiger partial charge in [-0.25, -0.2) is 4.98 Å². The number of nitrogens with zero attached hydrogens (tertiary/aromatic N) is 1. The molecule has 8 heteroatoms. The van der Waals surface area contributed by atoms with Crippen molar-refractivity contribution in [3.8, 4) is 0 Å². The second-order valence-electron chi connectivity index (χ2n) is 4.15. The minimum atomic E-state index is -4.38. The standard InChI is InChI=1S/C13H12BrF3N2S2/c1-18-9(7-20-10-5-3-2-4-8(10)14)11-6-19-12(21-11)13(15,16)17/h2-6,9,18H,7H2,1H3. The van der Waals surface area contributed by atoms with Crippen molar-refractivity contribution in [3.63, 3.8) is 0 Å². The largest absolute Gasteiger partial charge is 0.443 e. The van der Waals surface area contributed by atoms with Crippen molar-refractivity contribution < 1.29 is 13.2 Å². The molecule has 2 aromatic rings. The SMILES string of the molecule is CNC(CSc1ccccc1Br)c1cnc(C(F)(F)F)s1. The summed E-state index contributed by atoms with van der Waals surface area (Å²) in [6.07, 6.45) is -3.08. The second kappa shape index (κ2) is 7.13. The minimum absolute atomic E-state index is 0.171. The molecule has 0 aliphatic rings. The maximum Gasteiger partial charge on any atom is 0.443 e. The Morgan fingerprint density at radius 2 is 2.10 bits per heavy atom. The molecule has 0 radical (unpaired) electrons. The molecule has 0 aliphatic carbocycles. The van der Waals surface area contributed by atoms with Crippen LogP contribution in [0.15, 0.2) is 39.8 Å². The number of thiazole rings is 1. The Kier molecular flexibility index (Phi) is 5.70. The van der Waals surface area contributed by atoms with Crippen LogP contribution >= 0.6 is 39.0 Å². The van der Waals surface area contributed by atoms with E-state index in [-0.39, 0.29) is 6.04 Å². The van der Waals surface area contributed by atoms with Crippen LogP contribution in [0.1, 0.15) is 15.9 Å². The van der Waals surface area contributed by atoms with Crippen molar-refractivity contribution >= 4 is 39.0 Å². The fourth-order valence-electron chi connectivity index (χ4n) is 1.62. The fraction of sp³-hybridized carbons (Fsp3) is 0.308. The summed E-state index contributed by atoms with van der Waals surface area (Å²) in [5.41, 5.74) is 0. The number of aromatic nitrogens is 1. The number of alkyl halides is 3. The molecule has 0 bridgehead atoms. The number of thioether (sulfide) groups is 1. The van der Waals surface area contributed by atoms with Gasteiger partial charge in [0.1, 0.15) is 0 Å². The van der Waals surface area contributed by atoms with Gasteiger partial charge in [0, 0.05) is 26.2 Å². The van der Waals surface area contributed by atoms with Gasteiger partial charge in [0.25, 0.3) is 0 Å². The van der Waals surface area contributed by atoms with Crippen molar-refractivity contribution in [2.75, 3.05) is 12.8 Å². The monoisotopic (exact) mass is 396 g/mol. The van der Waals surface area contributed by atoms with Crippen LogP contribution in [0.25, 0.3) is 0 Å². The lowest BCUT2D eigenvalue weighted by atomic mass is 10.3. The van der Waals surface area contributed by atoms with Gasteiger partial charge in [-0.15, -0.1) is 23.1 Å². The molecular formula is C13H12BrF3N2S2. The molecule has 0 saturated heterocycles. The molecule has 21 heavy (non-hydrogen) atoms. The van der Waals surface area contributed by atoms with Crippen LogP contribution in [0.3, 0.4) is 0 Å². The molecule has 2 nitrogen and oxygen atoms in total. The van der Waals surface area contributed by atoms with Gasteiger partial charge in [-0.3, -0.25) is 0 Å². The zero-order chi connectivity index (χ0) is 15.5. The number of hydrogen-bond donors (Lipinski definition) is 1. The van der Waals surface area contributed by atoms with Gasteiger partial charge in [0.15, 0.2) is 5.01 Å². The molecule has 1 aromatic heterocycles. The third-order valence-corrected chi connectivity index (χ3v) is 5.98. The molecule has 0 saturated carbocycles. The highest BCUT2D eigenvalue weighted by Crippen LogP contribution is 2.36. The zero-order valence-electron chi connectivity index (χ0n) is 10.9. The van der Waals surface area contributed by atoms with Gasteiger partial charge in [-0.05, 0) is 35.1 Å². The van der Waals surface area contributed by atoms with Crippen LogP contribution in [0, 0.1) is 0 Å². The van der Waals surface area contributed by atoms with Crippen LogP contribution in [0.2, 0.25) is 0 Å². The maximum atomic E-state index is 12.6. The molecule has 0 spiro atoms. The highest BCUT2D eigenvalue weighted by atomic mass is 79.9. The molecule has 1 N–H and O–H groups in total. The topological polar surface area (TPSA) is 24.9 Å². The number of hydrogen-bond acceptors (Lipinski definition) is 4. The Hall–Kier alpha value is -0.570. The van der Waals surface area contributed by atoms with Gasteiger partial charge in [0.05, 0.1) is 6.04 Å². The van der Waals surface area contributed by atoms with E-state index < -0.39 is 11.2 Å². The van der Waals surface area contributed by atoms with Crippen LogP contribution in [0.4, 0.5) is 13.2 Å². The lowest BCUT2D eigenvalue weighted by Crippen LogP contribution is -2.17. The first-order chi connectivity index (χ1) is 9.91. The summed E-state index contributed by atoms with van der Waals surface area (Å²) in [5.74, 6) is 0.624. The average Bonchev–Trinajstić information content (AvgIpc) is 2.91. The number of nitrogens with one attached hydrogen (secondary N) is 1. The molecule has 114 valence electrons. The van der Waals surface area contributed by atoms with E-state index >= 15 is 0 Å². The average molecular weight is 397 g/mol. The first-order valence-electron chi connectivity index (χ1n) is 5.99. The highest BCUT2D eigenvalue weighted by molar-refractivity contribution is 9.10.